The van der Waals surface area contributed by atoms with Crippen molar-refractivity contribution in [2.75, 3.05) is 13.1 Å². The third kappa shape index (κ3) is 5.02. The normalized spacial score (nSPS) is 14.8. The highest BCUT2D eigenvalue weighted by Crippen LogP contribution is 2.30. The number of ether oxygens (including phenoxy) is 1. The number of halogens is 3. The summed E-state index contributed by atoms with van der Waals surface area (Å²) in [6.07, 6.45) is 1.60. The van der Waals surface area contributed by atoms with E-state index < -0.39 is 0 Å². The molecule has 0 radical (unpaired) electrons. The van der Waals surface area contributed by atoms with Crippen molar-refractivity contribution in [3.63, 3.8) is 0 Å². The van der Waals surface area contributed by atoms with Gasteiger partial charge in [-0.15, -0.1) is 12.4 Å². The molecule has 3 rings (SSSR count). The van der Waals surface area contributed by atoms with Crippen LogP contribution in [0.5, 0.6) is 11.5 Å². The number of piperidine rings is 1. The highest BCUT2D eigenvalue weighted by Gasteiger charge is 2.24. The quantitative estimate of drug-likeness (QED) is 0.806. The molecule has 1 aliphatic rings. The summed E-state index contributed by atoms with van der Waals surface area (Å²) in [6, 6.07) is 12.2. The number of benzene rings is 2. The van der Waals surface area contributed by atoms with Gasteiger partial charge < -0.3 is 15.4 Å². The van der Waals surface area contributed by atoms with Crippen molar-refractivity contribution < 1.29 is 9.53 Å². The number of carbonyl (C=O) groups excluding carboxylic acids is 1. The fourth-order valence-corrected chi connectivity index (χ4v) is 3.04. The molecule has 2 aromatic rings. The van der Waals surface area contributed by atoms with E-state index in [0.29, 0.717) is 40.2 Å². The van der Waals surface area contributed by atoms with Gasteiger partial charge in [0.1, 0.15) is 11.5 Å². The van der Waals surface area contributed by atoms with E-state index in [1.54, 1.807) is 47.4 Å². The van der Waals surface area contributed by atoms with Crippen molar-refractivity contribution >= 4 is 41.5 Å². The van der Waals surface area contributed by atoms with Gasteiger partial charge >= 0.3 is 0 Å². The minimum absolute atomic E-state index is 0. The summed E-state index contributed by atoms with van der Waals surface area (Å²) in [4.78, 5) is 14.6. The zero-order valence-corrected chi connectivity index (χ0v) is 15.8. The van der Waals surface area contributed by atoms with Gasteiger partial charge in [-0.25, -0.2) is 0 Å². The number of nitrogens with zero attached hydrogens (tertiary/aromatic N) is 1. The van der Waals surface area contributed by atoms with Crippen LogP contribution in [0.2, 0.25) is 10.0 Å². The highest BCUT2D eigenvalue weighted by atomic mass is 35.5. The van der Waals surface area contributed by atoms with Gasteiger partial charge in [-0.2, -0.15) is 0 Å². The summed E-state index contributed by atoms with van der Waals surface area (Å²) >= 11 is 12.1. The molecule has 0 aliphatic carbocycles. The van der Waals surface area contributed by atoms with E-state index in [-0.39, 0.29) is 24.4 Å². The second-order valence-corrected chi connectivity index (χ2v) is 6.70. The van der Waals surface area contributed by atoms with Gasteiger partial charge in [0, 0.05) is 29.2 Å². The van der Waals surface area contributed by atoms with Crippen LogP contribution in [0.3, 0.4) is 0 Å². The van der Waals surface area contributed by atoms with Gasteiger partial charge in [0.15, 0.2) is 0 Å². The van der Waals surface area contributed by atoms with Gasteiger partial charge in [0.25, 0.3) is 5.91 Å². The Labute approximate surface area is 163 Å². The topological polar surface area (TPSA) is 55.6 Å². The standard InChI is InChI=1S/C18H18Cl2N2O2.ClH/c19-12-2-1-3-15(10-12)24-17-5-4-13(20)11-16(17)18(23)22-8-6-14(21)7-9-22;/h1-5,10-11,14H,6-9,21H2;1H. The molecule has 25 heavy (non-hydrogen) atoms. The molecular formula is C18H19Cl3N2O2. The molecule has 134 valence electrons. The van der Waals surface area contributed by atoms with Crippen LogP contribution in [0.1, 0.15) is 23.2 Å². The molecule has 4 nitrogen and oxygen atoms in total. The second-order valence-electron chi connectivity index (χ2n) is 5.83. The third-order valence-electron chi connectivity index (χ3n) is 4.02. The van der Waals surface area contributed by atoms with Crippen molar-refractivity contribution in [2.24, 2.45) is 5.73 Å². The van der Waals surface area contributed by atoms with Crippen LogP contribution >= 0.6 is 35.6 Å². The van der Waals surface area contributed by atoms with E-state index in [0.717, 1.165) is 12.8 Å². The lowest BCUT2D eigenvalue weighted by Gasteiger charge is -2.30. The zero-order chi connectivity index (χ0) is 17.1. The smallest absolute Gasteiger partial charge is 0.257 e. The fraction of sp³-hybridized carbons (Fsp3) is 0.278. The average molecular weight is 402 g/mol. The van der Waals surface area contributed by atoms with Crippen LogP contribution in [0.25, 0.3) is 0 Å². The minimum atomic E-state index is -0.0959. The number of likely N-dealkylation sites (tertiary alicyclic amines) is 1. The number of nitrogens with two attached hydrogens (primary N) is 1. The van der Waals surface area contributed by atoms with Crippen molar-refractivity contribution in [3.05, 3.63) is 58.1 Å². The Kier molecular flexibility index (Phi) is 6.96. The van der Waals surface area contributed by atoms with E-state index in [9.17, 15) is 4.79 Å². The SMILES string of the molecule is Cl.NC1CCN(C(=O)c2cc(Cl)ccc2Oc2cccc(Cl)c2)CC1. The van der Waals surface area contributed by atoms with Crippen molar-refractivity contribution in [1.29, 1.82) is 0 Å². The molecule has 2 aromatic carbocycles. The van der Waals surface area contributed by atoms with Gasteiger partial charge in [-0.3, -0.25) is 4.79 Å². The molecule has 0 unspecified atom stereocenters. The first-order chi connectivity index (χ1) is 11.5. The predicted molar refractivity (Wildman–Crippen MR) is 103 cm³/mol. The molecule has 1 aliphatic heterocycles. The molecular weight excluding hydrogens is 383 g/mol. The first kappa shape index (κ1) is 19.9. The molecule has 0 aromatic heterocycles. The van der Waals surface area contributed by atoms with Crippen molar-refractivity contribution in [3.8, 4) is 11.5 Å². The van der Waals surface area contributed by atoms with Crippen LogP contribution in [-0.2, 0) is 0 Å². The molecule has 1 fully saturated rings. The first-order valence-electron chi connectivity index (χ1n) is 7.81. The molecule has 1 heterocycles. The Bertz CT molecular complexity index is 747. The van der Waals surface area contributed by atoms with E-state index in [1.165, 1.54) is 0 Å². The Morgan fingerprint density at radius 3 is 2.44 bits per heavy atom. The van der Waals surface area contributed by atoms with E-state index >= 15 is 0 Å². The first-order valence-corrected chi connectivity index (χ1v) is 8.56. The number of amides is 1. The lowest BCUT2D eigenvalue weighted by molar-refractivity contribution is 0.0712. The van der Waals surface area contributed by atoms with Gasteiger partial charge in [0.05, 0.1) is 5.56 Å². The van der Waals surface area contributed by atoms with E-state index in [4.69, 9.17) is 33.7 Å². The van der Waals surface area contributed by atoms with Crippen LogP contribution in [0, 0.1) is 0 Å². The number of hydrogen-bond acceptors (Lipinski definition) is 3. The van der Waals surface area contributed by atoms with Crippen molar-refractivity contribution in [2.45, 2.75) is 18.9 Å². The Balaban J connectivity index is 0.00000225. The Morgan fingerprint density at radius 1 is 1.08 bits per heavy atom. The lowest BCUT2D eigenvalue weighted by atomic mass is 10.0. The van der Waals surface area contributed by atoms with Crippen LogP contribution in [-0.4, -0.2) is 29.9 Å². The zero-order valence-electron chi connectivity index (χ0n) is 13.5. The van der Waals surface area contributed by atoms with Gasteiger partial charge in [0.2, 0.25) is 0 Å². The largest absolute Gasteiger partial charge is 0.456 e. The monoisotopic (exact) mass is 400 g/mol. The van der Waals surface area contributed by atoms with Crippen LogP contribution < -0.4 is 10.5 Å². The average Bonchev–Trinajstić information content (AvgIpc) is 2.57. The summed E-state index contributed by atoms with van der Waals surface area (Å²) in [7, 11) is 0. The van der Waals surface area contributed by atoms with Crippen LogP contribution in [0.4, 0.5) is 0 Å². The third-order valence-corrected chi connectivity index (χ3v) is 4.49. The van der Waals surface area contributed by atoms with E-state index in [1.807, 2.05) is 0 Å². The summed E-state index contributed by atoms with van der Waals surface area (Å²) in [6.45, 7) is 1.28. The second kappa shape index (κ2) is 8.77. The molecule has 0 bridgehead atoms. The number of hydrogen-bond donors (Lipinski definition) is 1. The molecule has 7 heteroatoms. The predicted octanol–water partition coefficient (Wildman–Crippen LogP) is 4.77. The molecule has 1 amide bonds. The summed E-state index contributed by atoms with van der Waals surface area (Å²) in [5, 5.41) is 1.06. The Morgan fingerprint density at radius 2 is 1.76 bits per heavy atom. The van der Waals surface area contributed by atoms with Crippen LogP contribution in [0.15, 0.2) is 42.5 Å². The summed E-state index contributed by atoms with van der Waals surface area (Å²) in [5.74, 6) is 0.933. The van der Waals surface area contributed by atoms with E-state index in [2.05, 4.69) is 0 Å². The fourth-order valence-electron chi connectivity index (χ4n) is 2.69. The summed E-state index contributed by atoms with van der Waals surface area (Å²) < 4.78 is 5.86. The summed E-state index contributed by atoms with van der Waals surface area (Å²) in [5.41, 5.74) is 6.35. The minimum Gasteiger partial charge on any atom is -0.456 e. The maximum absolute atomic E-state index is 12.9. The van der Waals surface area contributed by atoms with Gasteiger partial charge in [-0.05, 0) is 49.2 Å². The number of rotatable bonds is 3. The molecule has 1 saturated heterocycles. The highest BCUT2D eigenvalue weighted by molar-refractivity contribution is 6.31. The maximum atomic E-state index is 12.9. The molecule has 0 atom stereocenters. The maximum Gasteiger partial charge on any atom is 0.257 e. The van der Waals surface area contributed by atoms with Gasteiger partial charge in [-0.1, -0.05) is 29.3 Å². The molecule has 2 N–H and O–H groups in total. The molecule has 0 spiro atoms. The number of carbonyl (C=O) groups is 1. The van der Waals surface area contributed by atoms with Crippen molar-refractivity contribution in [1.82, 2.24) is 4.90 Å². The lowest BCUT2D eigenvalue weighted by Crippen LogP contribution is -2.42. The molecule has 0 saturated carbocycles. The Hall–Kier alpha value is -1.46.